The van der Waals surface area contributed by atoms with Crippen molar-refractivity contribution in [2.24, 2.45) is 5.41 Å². The van der Waals surface area contributed by atoms with Crippen molar-refractivity contribution >= 4 is 27.7 Å². The lowest BCUT2D eigenvalue weighted by molar-refractivity contribution is -0.153. The van der Waals surface area contributed by atoms with E-state index in [2.05, 4.69) is 15.9 Å². The molecule has 0 aliphatic carbocycles. The molecule has 1 atom stereocenters. The first-order valence-electron chi connectivity index (χ1n) is 5.51. The summed E-state index contributed by atoms with van der Waals surface area (Å²) in [5.41, 5.74) is -1.51. The van der Waals surface area contributed by atoms with Gasteiger partial charge in [-0.2, -0.15) is 0 Å². The number of carboxylic acids is 1. The summed E-state index contributed by atoms with van der Waals surface area (Å²) in [7, 11) is 1.54. The highest BCUT2D eigenvalue weighted by atomic mass is 79.9. The van der Waals surface area contributed by atoms with Crippen molar-refractivity contribution in [1.29, 1.82) is 0 Å². The van der Waals surface area contributed by atoms with Crippen molar-refractivity contribution in [3.63, 3.8) is 0 Å². The Kier molecular flexibility index (Phi) is 4.94. The molecule has 19 heavy (non-hydrogen) atoms. The Hall–Kier alpha value is -1.56. The van der Waals surface area contributed by atoms with Crippen molar-refractivity contribution in [2.45, 2.75) is 18.9 Å². The first kappa shape index (κ1) is 15.5. The van der Waals surface area contributed by atoms with Gasteiger partial charge < -0.3 is 14.6 Å². The molecule has 0 aliphatic rings. The number of Topliss-reactive ketones (excluding diaryl/α,β-unsaturated/α-hetero) is 1. The summed E-state index contributed by atoms with van der Waals surface area (Å²) in [5.74, 6) is -0.649. The zero-order valence-electron chi connectivity index (χ0n) is 10.8. The molecule has 0 amide bonds. The largest absolute Gasteiger partial charge is 0.497 e. The fourth-order valence-electron chi connectivity index (χ4n) is 1.22. The average molecular weight is 331 g/mol. The topological polar surface area (TPSA) is 72.8 Å². The molecule has 1 unspecified atom stereocenters. The predicted molar refractivity (Wildman–Crippen MR) is 72.8 cm³/mol. The molecule has 104 valence electrons. The van der Waals surface area contributed by atoms with E-state index in [4.69, 9.17) is 14.6 Å². The zero-order valence-corrected chi connectivity index (χ0v) is 12.4. The van der Waals surface area contributed by atoms with Gasteiger partial charge in [0.1, 0.15) is 16.9 Å². The van der Waals surface area contributed by atoms with Gasteiger partial charge >= 0.3 is 5.97 Å². The number of carbonyl (C=O) groups excluding carboxylic acids is 1. The van der Waals surface area contributed by atoms with Crippen LogP contribution >= 0.6 is 15.9 Å². The van der Waals surface area contributed by atoms with E-state index >= 15 is 0 Å². The monoisotopic (exact) mass is 330 g/mol. The molecule has 0 heterocycles. The minimum Gasteiger partial charge on any atom is -0.497 e. The van der Waals surface area contributed by atoms with Crippen LogP contribution in [0.5, 0.6) is 11.5 Å². The van der Waals surface area contributed by atoms with Crippen LogP contribution in [0.1, 0.15) is 13.8 Å². The maximum absolute atomic E-state index is 12.0. The molecule has 5 nitrogen and oxygen atoms in total. The van der Waals surface area contributed by atoms with Gasteiger partial charge in [-0.3, -0.25) is 9.59 Å². The van der Waals surface area contributed by atoms with E-state index in [9.17, 15) is 9.59 Å². The van der Waals surface area contributed by atoms with Crippen LogP contribution in [0.2, 0.25) is 0 Å². The number of ether oxygens (including phenoxy) is 2. The number of carbonyl (C=O) groups is 2. The van der Waals surface area contributed by atoms with Gasteiger partial charge in [0.25, 0.3) is 0 Å². The SMILES string of the molecule is COc1ccc(OC(Br)C(=O)C(C)(C)C(=O)O)cc1. The van der Waals surface area contributed by atoms with Gasteiger partial charge in [-0.05, 0) is 54.0 Å². The summed E-state index contributed by atoms with van der Waals surface area (Å²) < 4.78 is 10.4. The number of carboxylic acid groups (broad SMARTS) is 1. The first-order chi connectivity index (χ1) is 8.78. The molecule has 0 aromatic heterocycles. The molecule has 0 bridgehead atoms. The average Bonchev–Trinajstić information content (AvgIpc) is 2.38. The quantitative estimate of drug-likeness (QED) is 0.640. The second kappa shape index (κ2) is 6.06. The Morgan fingerprint density at radius 1 is 1.21 bits per heavy atom. The zero-order chi connectivity index (χ0) is 14.6. The lowest BCUT2D eigenvalue weighted by atomic mass is 9.89. The summed E-state index contributed by atoms with van der Waals surface area (Å²) in [5, 5.41) is 7.96. The van der Waals surface area contributed by atoms with E-state index in [-0.39, 0.29) is 0 Å². The molecule has 1 aromatic rings. The third kappa shape index (κ3) is 3.70. The van der Waals surface area contributed by atoms with Gasteiger partial charge in [0.05, 0.1) is 7.11 Å². The number of aliphatic carboxylic acids is 1. The van der Waals surface area contributed by atoms with Gasteiger partial charge in [-0.15, -0.1) is 0 Å². The summed E-state index contributed by atoms with van der Waals surface area (Å²) in [6.45, 7) is 2.67. The van der Waals surface area contributed by atoms with Crippen LogP contribution in [-0.4, -0.2) is 29.0 Å². The number of benzene rings is 1. The Labute approximate surface area is 119 Å². The van der Waals surface area contributed by atoms with Crippen LogP contribution in [-0.2, 0) is 9.59 Å². The Morgan fingerprint density at radius 2 is 1.68 bits per heavy atom. The lowest BCUT2D eigenvalue weighted by Gasteiger charge is -2.21. The van der Waals surface area contributed by atoms with E-state index in [1.807, 2.05) is 0 Å². The number of hydrogen-bond acceptors (Lipinski definition) is 4. The predicted octanol–water partition coefficient (Wildman–Crippen LogP) is 2.47. The maximum Gasteiger partial charge on any atom is 0.316 e. The molecule has 0 aliphatic heterocycles. The lowest BCUT2D eigenvalue weighted by Crippen LogP contribution is -2.40. The molecule has 6 heteroatoms. The van der Waals surface area contributed by atoms with E-state index in [0.717, 1.165) is 0 Å². The first-order valence-corrected chi connectivity index (χ1v) is 6.43. The Bertz CT molecular complexity index is 466. The smallest absolute Gasteiger partial charge is 0.316 e. The highest BCUT2D eigenvalue weighted by Gasteiger charge is 2.40. The third-order valence-corrected chi connectivity index (χ3v) is 3.26. The summed E-state index contributed by atoms with van der Waals surface area (Å²) in [4.78, 5) is 22.9. The Balaban J connectivity index is 2.76. The minimum atomic E-state index is -1.51. The molecule has 0 fully saturated rings. The van der Waals surface area contributed by atoms with Gasteiger partial charge in [0.2, 0.25) is 10.8 Å². The van der Waals surface area contributed by atoms with Crippen molar-refractivity contribution in [3.05, 3.63) is 24.3 Å². The Morgan fingerprint density at radius 3 is 2.11 bits per heavy atom. The van der Waals surface area contributed by atoms with Crippen LogP contribution in [0.15, 0.2) is 24.3 Å². The van der Waals surface area contributed by atoms with Crippen molar-refractivity contribution in [1.82, 2.24) is 0 Å². The summed E-state index contributed by atoms with van der Waals surface area (Å²) >= 11 is 3.05. The molecule has 0 saturated carbocycles. The molecule has 1 rings (SSSR count). The highest BCUT2D eigenvalue weighted by molar-refractivity contribution is 9.09. The number of halogens is 1. The maximum atomic E-state index is 12.0. The van der Waals surface area contributed by atoms with Crippen molar-refractivity contribution in [3.8, 4) is 11.5 Å². The molecule has 1 aromatic carbocycles. The number of methoxy groups -OCH3 is 1. The van der Waals surface area contributed by atoms with Crippen molar-refractivity contribution in [2.75, 3.05) is 7.11 Å². The number of ketones is 1. The summed E-state index contributed by atoms with van der Waals surface area (Å²) in [6, 6.07) is 6.63. The standard InChI is InChI=1S/C13H15BrO5/c1-13(2,12(16)17)10(15)11(14)19-9-6-4-8(18-3)5-7-9/h4-7,11H,1-3H3,(H,16,17). The molecule has 0 spiro atoms. The highest BCUT2D eigenvalue weighted by Crippen LogP contribution is 2.25. The second-order valence-corrected chi connectivity index (χ2v) is 5.24. The van der Waals surface area contributed by atoms with Gasteiger partial charge in [-0.1, -0.05) is 0 Å². The summed E-state index contributed by atoms with van der Waals surface area (Å²) in [6.07, 6.45) is 0. The van der Waals surface area contributed by atoms with Crippen LogP contribution in [0, 0.1) is 5.41 Å². The van der Waals surface area contributed by atoms with Crippen LogP contribution in [0.3, 0.4) is 0 Å². The van der Waals surface area contributed by atoms with E-state index in [0.29, 0.717) is 11.5 Å². The van der Waals surface area contributed by atoms with Crippen LogP contribution in [0.4, 0.5) is 0 Å². The van der Waals surface area contributed by atoms with E-state index in [1.165, 1.54) is 13.8 Å². The number of alkyl halides is 1. The second-order valence-electron chi connectivity index (χ2n) is 4.40. The van der Waals surface area contributed by atoms with Gasteiger partial charge in [0, 0.05) is 0 Å². The fraction of sp³-hybridized carbons (Fsp3) is 0.385. The molecular weight excluding hydrogens is 316 g/mol. The normalized spacial score (nSPS) is 12.6. The van der Waals surface area contributed by atoms with E-state index in [1.54, 1.807) is 31.4 Å². The molecule has 0 saturated heterocycles. The number of hydrogen-bond donors (Lipinski definition) is 1. The van der Waals surface area contributed by atoms with Crippen LogP contribution < -0.4 is 9.47 Å². The fourth-order valence-corrected chi connectivity index (χ4v) is 2.00. The van der Waals surface area contributed by atoms with Gasteiger partial charge in [0.15, 0.2) is 0 Å². The van der Waals surface area contributed by atoms with Crippen molar-refractivity contribution < 1.29 is 24.2 Å². The van der Waals surface area contributed by atoms with E-state index < -0.39 is 22.2 Å². The minimum absolute atomic E-state index is 0.442. The van der Waals surface area contributed by atoms with Gasteiger partial charge in [-0.25, -0.2) is 0 Å². The third-order valence-electron chi connectivity index (χ3n) is 2.66. The molecule has 0 radical (unpaired) electrons. The molecule has 1 N–H and O–H groups in total. The van der Waals surface area contributed by atoms with Crippen LogP contribution in [0.25, 0.3) is 0 Å². The number of rotatable bonds is 6. The molecular formula is C13H15BrO5.